The number of carbonyl (C=O) groups is 2. The summed E-state index contributed by atoms with van der Waals surface area (Å²) in [4.78, 5) is 28.5. The van der Waals surface area contributed by atoms with Gasteiger partial charge in [0.05, 0.1) is 24.9 Å². The number of nitrogens with one attached hydrogen (secondary N) is 1. The molecule has 2 aromatic rings. The van der Waals surface area contributed by atoms with E-state index in [4.69, 9.17) is 4.74 Å². The van der Waals surface area contributed by atoms with Crippen LogP contribution in [0.3, 0.4) is 0 Å². The van der Waals surface area contributed by atoms with Gasteiger partial charge in [0.1, 0.15) is 11.9 Å². The first kappa shape index (κ1) is 16.8. The third-order valence-electron chi connectivity index (χ3n) is 4.44. The second kappa shape index (κ2) is 6.84. The standard InChI is InChI=1S/C19H21N3O3/c1-20-17(23)12-22-15-10-6-4-8-13(15)19(24)21(2)18(22)14-9-5-7-11-16(14)25-3/h4-11,18H,12H2,1-3H3,(H,20,23)/t18-/m1/s1. The Morgan fingerprint density at radius 3 is 2.56 bits per heavy atom. The summed E-state index contributed by atoms with van der Waals surface area (Å²) in [5.74, 6) is 0.463. The Morgan fingerprint density at radius 1 is 1.16 bits per heavy atom. The van der Waals surface area contributed by atoms with E-state index in [-0.39, 0.29) is 18.4 Å². The molecule has 0 bridgehead atoms. The van der Waals surface area contributed by atoms with E-state index in [1.54, 1.807) is 32.2 Å². The van der Waals surface area contributed by atoms with Crippen LogP contribution >= 0.6 is 0 Å². The number of carbonyl (C=O) groups excluding carboxylic acids is 2. The van der Waals surface area contributed by atoms with E-state index >= 15 is 0 Å². The minimum Gasteiger partial charge on any atom is -0.496 e. The van der Waals surface area contributed by atoms with E-state index in [1.165, 1.54) is 0 Å². The zero-order chi connectivity index (χ0) is 18.0. The molecule has 6 heteroatoms. The Labute approximate surface area is 147 Å². The molecule has 0 saturated carbocycles. The first-order valence-corrected chi connectivity index (χ1v) is 8.04. The van der Waals surface area contributed by atoms with Gasteiger partial charge < -0.3 is 19.9 Å². The lowest BCUT2D eigenvalue weighted by Crippen LogP contribution is -2.50. The third-order valence-corrected chi connectivity index (χ3v) is 4.44. The molecular weight excluding hydrogens is 318 g/mol. The molecule has 0 unspecified atom stereocenters. The quantitative estimate of drug-likeness (QED) is 0.926. The topological polar surface area (TPSA) is 61.9 Å². The number of benzene rings is 2. The summed E-state index contributed by atoms with van der Waals surface area (Å²) in [6.07, 6.45) is -0.434. The molecule has 1 heterocycles. The maximum Gasteiger partial charge on any atom is 0.257 e. The summed E-state index contributed by atoms with van der Waals surface area (Å²) >= 11 is 0. The number of methoxy groups -OCH3 is 1. The number of para-hydroxylation sites is 2. The minimum atomic E-state index is -0.434. The molecule has 2 aromatic carbocycles. The first-order valence-electron chi connectivity index (χ1n) is 8.04. The van der Waals surface area contributed by atoms with Crippen molar-refractivity contribution in [3.63, 3.8) is 0 Å². The maximum absolute atomic E-state index is 12.9. The predicted octanol–water partition coefficient (Wildman–Crippen LogP) is 2.03. The van der Waals surface area contributed by atoms with Crippen LogP contribution in [0.5, 0.6) is 5.75 Å². The number of likely N-dealkylation sites (N-methyl/N-ethyl adjacent to an activating group) is 1. The second-order valence-electron chi connectivity index (χ2n) is 5.85. The highest BCUT2D eigenvalue weighted by atomic mass is 16.5. The molecule has 1 N–H and O–H groups in total. The van der Waals surface area contributed by atoms with Crippen LogP contribution in [0.1, 0.15) is 22.1 Å². The van der Waals surface area contributed by atoms with Gasteiger partial charge >= 0.3 is 0 Å². The normalized spacial score (nSPS) is 16.4. The molecule has 0 aromatic heterocycles. The molecule has 1 aliphatic rings. The molecule has 6 nitrogen and oxygen atoms in total. The average Bonchev–Trinajstić information content (AvgIpc) is 2.66. The molecule has 1 atom stereocenters. The van der Waals surface area contributed by atoms with Crippen molar-refractivity contribution >= 4 is 17.5 Å². The Hall–Kier alpha value is -3.02. The third kappa shape index (κ3) is 2.91. The van der Waals surface area contributed by atoms with Crippen LogP contribution in [-0.2, 0) is 4.79 Å². The fourth-order valence-electron chi connectivity index (χ4n) is 3.21. The predicted molar refractivity (Wildman–Crippen MR) is 95.7 cm³/mol. The van der Waals surface area contributed by atoms with Crippen LogP contribution < -0.4 is 15.0 Å². The summed E-state index contributed by atoms with van der Waals surface area (Å²) in [5, 5.41) is 2.65. The first-order chi connectivity index (χ1) is 12.1. The summed E-state index contributed by atoms with van der Waals surface area (Å²) in [6.45, 7) is 0.133. The average molecular weight is 339 g/mol. The van der Waals surface area contributed by atoms with Crippen LogP contribution in [0.25, 0.3) is 0 Å². The number of hydrogen-bond donors (Lipinski definition) is 1. The fraction of sp³-hybridized carbons (Fsp3) is 0.263. The van der Waals surface area contributed by atoms with Gasteiger partial charge in [-0.1, -0.05) is 30.3 Å². The molecule has 25 heavy (non-hydrogen) atoms. The number of fused-ring (bicyclic) bond motifs is 1. The monoisotopic (exact) mass is 339 g/mol. The van der Waals surface area contributed by atoms with Gasteiger partial charge in [0.2, 0.25) is 5.91 Å². The van der Waals surface area contributed by atoms with Gasteiger partial charge in [0.25, 0.3) is 5.91 Å². The van der Waals surface area contributed by atoms with Gasteiger partial charge in [0.15, 0.2) is 0 Å². The number of amides is 2. The molecule has 0 aliphatic carbocycles. The van der Waals surface area contributed by atoms with Gasteiger partial charge in [0, 0.05) is 19.7 Å². The van der Waals surface area contributed by atoms with Crippen LogP contribution in [0, 0.1) is 0 Å². The Morgan fingerprint density at radius 2 is 1.84 bits per heavy atom. The number of nitrogens with zero attached hydrogens (tertiary/aromatic N) is 2. The summed E-state index contributed by atoms with van der Waals surface area (Å²) in [7, 11) is 4.94. The maximum atomic E-state index is 12.9. The van der Waals surface area contributed by atoms with Gasteiger partial charge in [-0.2, -0.15) is 0 Å². The highest BCUT2D eigenvalue weighted by molar-refractivity contribution is 6.02. The fourth-order valence-corrected chi connectivity index (χ4v) is 3.21. The van der Waals surface area contributed by atoms with Crippen molar-refractivity contribution in [3.8, 4) is 5.75 Å². The number of rotatable bonds is 4. The lowest BCUT2D eigenvalue weighted by molar-refractivity contribution is -0.119. The van der Waals surface area contributed by atoms with E-state index in [0.717, 1.165) is 11.3 Å². The zero-order valence-corrected chi connectivity index (χ0v) is 14.5. The van der Waals surface area contributed by atoms with Gasteiger partial charge in [-0.25, -0.2) is 0 Å². The van der Waals surface area contributed by atoms with Crippen molar-refractivity contribution in [2.24, 2.45) is 0 Å². The lowest BCUT2D eigenvalue weighted by atomic mass is 10.0. The molecule has 0 saturated heterocycles. The highest BCUT2D eigenvalue weighted by Crippen LogP contribution is 2.40. The number of ether oxygens (including phenoxy) is 1. The SMILES string of the molecule is CNC(=O)CN1c2ccccc2C(=O)N(C)[C@H]1c1ccccc1OC. The lowest BCUT2D eigenvalue weighted by Gasteiger charge is -2.44. The summed E-state index contributed by atoms with van der Waals surface area (Å²) in [5.41, 5.74) is 2.16. The smallest absolute Gasteiger partial charge is 0.257 e. The molecule has 3 rings (SSSR count). The van der Waals surface area contributed by atoms with Crippen LogP contribution in [0.15, 0.2) is 48.5 Å². The van der Waals surface area contributed by atoms with Crippen molar-refractivity contribution in [3.05, 3.63) is 59.7 Å². The van der Waals surface area contributed by atoms with E-state index in [2.05, 4.69) is 5.32 Å². The molecule has 2 amide bonds. The van der Waals surface area contributed by atoms with E-state index < -0.39 is 6.17 Å². The van der Waals surface area contributed by atoms with E-state index in [1.807, 2.05) is 47.4 Å². The Balaban J connectivity index is 2.17. The number of anilines is 1. The highest BCUT2D eigenvalue weighted by Gasteiger charge is 2.38. The molecular formula is C19H21N3O3. The largest absolute Gasteiger partial charge is 0.496 e. The van der Waals surface area contributed by atoms with Crippen molar-refractivity contribution in [1.29, 1.82) is 0 Å². The van der Waals surface area contributed by atoms with Crippen molar-refractivity contribution < 1.29 is 14.3 Å². The molecule has 130 valence electrons. The zero-order valence-electron chi connectivity index (χ0n) is 14.5. The minimum absolute atomic E-state index is 0.0836. The number of hydrogen-bond acceptors (Lipinski definition) is 4. The van der Waals surface area contributed by atoms with Crippen molar-refractivity contribution in [1.82, 2.24) is 10.2 Å². The van der Waals surface area contributed by atoms with Gasteiger partial charge in [-0.15, -0.1) is 0 Å². The van der Waals surface area contributed by atoms with Gasteiger partial charge in [-0.3, -0.25) is 9.59 Å². The Bertz CT molecular complexity index is 806. The Kier molecular flexibility index (Phi) is 4.61. The van der Waals surface area contributed by atoms with E-state index in [9.17, 15) is 9.59 Å². The van der Waals surface area contributed by atoms with Crippen molar-refractivity contribution in [2.45, 2.75) is 6.17 Å². The van der Waals surface area contributed by atoms with Crippen LogP contribution in [0.2, 0.25) is 0 Å². The molecule has 0 fully saturated rings. The second-order valence-corrected chi connectivity index (χ2v) is 5.85. The van der Waals surface area contributed by atoms with E-state index in [0.29, 0.717) is 11.3 Å². The molecule has 0 radical (unpaired) electrons. The van der Waals surface area contributed by atoms with Crippen LogP contribution in [-0.4, -0.2) is 44.5 Å². The summed E-state index contributed by atoms with van der Waals surface area (Å²) < 4.78 is 5.48. The summed E-state index contributed by atoms with van der Waals surface area (Å²) in [6, 6.07) is 14.9. The van der Waals surface area contributed by atoms with Crippen molar-refractivity contribution in [2.75, 3.05) is 32.6 Å². The molecule has 1 aliphatic heterocycles. The molecule has 0 spiro atoms. The van der Waals surface area contributed by atoms with Gasteiger partial charge in [-0.05, 0) is 18.2 Å². The van der Waals surface area contributed by atoms with Crippen LogP contribution in [0.4, 0.5) is 5.69 Å².